The number of unbranched alkanes of at least 4 members (excludes halogenated alkanes) is 7. The minimum atomic E-state index is -3.59. The van der Waals surface area contributed by atoms with Crippen LogP contribution in [-0.4, -0.2) is 48.4 Å². The zero-order valence-corrected chi connectivity index (χ0v) is 21.5. The Morgan fingerprint density at radius 1 is 0.818 bits per heavy atom. The quantitative estimate of drug-likeness (QED) is 0.145. The average Bonchev–Trinajstić information content (AvgIpc) is 3.03. The standard InChI is InChI=1S/C25H40NO6P/c1-5-8-9-10-11-12-13-16-19-30-25(4,20-33(29,31-6-2)32-7-3)26-23(27)21-17-14-15-18-22(21)24(26)28/h14-15,17-18H,5-13,16,19-20H2,1-4H3. The van der Waals surface area contributed by atoms with Crippen LogP contribution in [-0.2, 0) is 18.3 Å². The van der Waals surface area contributed by atoms with Crippen molar-refractivity contribution in [2.75, 3.05) is 26.0 Å². The fourth-order valence-corrected chi connectivity index (χ4v) is 6.20. The topological polar surface area (TPSA) is 82.1 Å². The summed E-state index contributed by atoms with van der Waals surface area (Å²) in [6, 6.07) is 6.69. The number of fused-ring (bicyclic) bond motifs is 1. The minimum absolute atomic E-state index is 0.188. The van der Waals surface area contributed by atoms with Gasteiger partial charge in [-0.2, -0.15) is 0 Å². The van der Waals surface area contributed by atoms with Crippen LogP contribution in [0.4, 0.5) is 0 Å². The molecule has 8 heteroatoms. The van der Waals surface area contributed by atoms with Gasteiger partial charge in [-0.25, -0.2) is 4.90 Å². The van der Waals surface area contributed by atoms with E-state index in [0.29, 0.717) is 17.7 Å². The summed E-state index contributed by atoms with van der Waals surface area (Å²) in [6.45, 7) is 8.01. The monoisotopic (exact) mass is 481 g/mol. The van der Waals surface area contributed by atoms with Crippen molar-refractivity contribution >= 4 is 19.4 Å². The van der Waals surface area contributed by atoms with Gasteiger partial charge in [0, 0.05) is 6.61 Å². The number of hydrogen-bond donors (Lipinski definition) is 0. The first-order valence-electron chi connectivity index (χ1n) is 12.3. The molecule has 1 unspecified atom stereocenters. The first kappa shape index (κ1) is 27.7. The normalized spacial score (nSPS) is 15.7. The highest BCUT2D eigenvalue weighted by atomic mass is 31.2. The van der Waals surface area contributed by atoms with Crippen molar-refractivity contribution in [3.63, 3.8) is 0 Å². The number of nitrogens with zero attached hydrogens (tertiary/aromatic N) is 1. The Kier molecular flexibility index (Phi) is 11.2. The Bertz CT molecular complexity index is 784. The van der Waals surface area contributed by atoms with E-state index in [0.717, 1.165) is 24.2 Å². The zero-order valence-electron chi connectivity index (χ0n) is 20.6. The predicted octanol–water partition coefficient (Wildman–Crippen LogP) is 6.42. The van der Waals surface area contributed by atoms with Crippen molar-refractivity contribution in [1.29, 1.82) is 0 Å². The van der Waals surface area contributed by atoms with Crippen molar-refractivity contribution in [3.8, 4) is 0 Å². The second kappa shape index (κ2) is 13.4. The molecule has 0 fully saturated rings. The van der Waals surface area contributed by atoms with Gasteiger partial charge in [0.2, 0.25) is 0 Å². The number of benzene rings is 1. The third-order valence-electron chi connectivity index (χ3n) is 5.82. The second-order valence-corrected chi connectivity index (χ2v) is 10.6. The van der Waals surface area contributed by atoms with Crippen molar-refractivity contribution in [2.45, 2.75) is 84.8 Å². The number of hydrogen-bond acceptors (Lipinski definition) is 6. The molecule has 0 spiro atoms. The molecule has 2 amide bonds. The van der Waals surface area contributed by atoms with Crippen LogP contribution in [0.5, 0.6) is 0 Å². The van der Waals surface area contributed by atoms with Gasteiger partial charge >= 0.3 is 7.60 Å². The van der Waals surface area contributed by atoms with Crippen LogP contribution < -0.4 is 0 Å². The van der Waals surface area contributed by atoms with Crippen molar-refractivity contribution in [3.05, 3.63) is 35.4 Å². The molecule has 2 rings (SSSR count). The molecular formula is C25H40NO6P. The van der Waals surface area contributed by atoms with E-state index in [1.165, 1.54) is 32.1 Å². The Labute approximate surface area is 198 Å². The number of ether oxygens (including phenoxy) is 1. The molecule has 0 aromatic heterocycles. The lowest BCUT2D eigenvalue weighted by Crippen LogP contribution is -2.54. The number of carbonyl (C=O) groups excluding carboxylic acids is 2. The summed E-state index contributed by atoms with van der Waals surface area (Å²) in [5, 5.41) is 0. The Morgan fingerprint density at radius 2 is 1.30 bits per heavy atom. The lowest BCUT2D eigenvalue weighted by Gasteiger charge is -2.38. The molecule has 1 heterocycles. The van der Waals surface area contributed by atoms with Gasteiger partial charge in [0.1, 0.15) is 0 Å². The third-order valence-corrected chi connectivity index (χ3v) is 8.09. The summed E-state index contributed by atoms with van der Waals surface area (Å²) >= 11 is 0. The van der Waals surface area contributed by atoms with Gasteiger partial charge in [-0.15, -0.1) is 0 Å². The van der Waals surface area contributed by atoms with E-state index in [4.69, 9.17) is 13.8 Å². The molecule has 0 saturated heterocycles. The molecule has 0 saturated carbocycles. The lowest BCUT2D eigenvalue weighted by atomic mass is 10.1. The van der Waals surface area contributed by atoms with Gasteiger partial charge in [0.25, 0.3) is 11.8 Å². The zero-order chi connectivity index (χ0) is 24.3. The van der Waals surface area contributed by atoms with Gasteiger partial charge < -0.3 is 13.8 Å². The summed E-state index contributed by atoms with van der Waals surface area (Å²) in [7, 11) is -3.59. The average molecular weight is 482 g/mol. The van der Waals surface area contributed by atoms with Crippen LogP contribution in [0.3, 0.4) is 0 Å². The molecule has 0 N–H and O–H groups in total. The lowest BCUT2D eigenvalue weighted by molar-refractivity contribution is -0.0967. The van der Waals surface area contributed by atoms with Crippen LogP contribution >= 0.6 is 7.60 Å². The van der Waals surface area contributed by atoms with Gasteiger partial charge in [-0.1, -0.05) is 64.0 Å². The fourth-order valence-electron chi connectivity index (χ4n) is 4.21. The predicted molar refractivity (Wildman–Crippen MR) is 130 cm³/mol. The smallest absolute Gasteiger partial charge is 0.335 e. The van der Waals surface area contributed by atoms with E-state index in [1.807, 2.05) is 0 Å². The molecule has 1 aromatic carbocycles. The highest BCUT2D eigenvalue weighted by Crippen LogP contribution is 2.52. The van der Waals surface area contributed by atoms with E-state index < -0.39 is 25.1 Å². The maximum Gasteiger partial charge on any atom is 0.335 e. The van der Waals surface area contributed by atoms with Gasteiger partial charge in [0.15, 0.2) is 5.72 Å². The Balaban J connectivity index is 2.12. The molecule has 1 aliphatic rings. The molecule has 7 nitrogen and oxygen atoms in total. The van der Waals surface area contributed by atoms with Crippen LogP contribution in [0.1, 0.15) is 99.8 Å². The summed E-state index contributed by atoms with van der Waals surface area (Å²) in [6.07, 6.45) is 8.91. The van der Waals surface area contributed by atoms with Crippen molar-refractivity contribution in [1.82, 2.24) is 4.90 Å². The van der Waals surface area contributed by atoms with Gasteiger partial charge in [-0.3, -0.25) is 14.2 Å². The highest BCUT2D eigenvalue weighted by molar-refractivity contribution is 7.53. The maximum absolute atomic E-state index is 13.4. The largest absolute Gasteiger partial charge is 0.355 e. The molecule has 1 atom stereocenters. The van der Waals surface area contributed by atoms with Crippen LogP contribution in [0.15, 0.2) is 24.3 Å². The molecule has 0 radical (unpaired) electrons. The van der Waals surface area contributed by atoms with Crippen LogP contribution in [0.2, 0.25) is 0 Å². The van der Waals surface area contributed by atoms with E-state index in [2.05, 4.69) is 6.92 Å². The molecule has 186 valence electrons. The Morgan fingerprint density at radius 3 is 1.79 bits per heavy atom. The SMILES string of the molecule is CCCCCCCCCCOC(C)(CP(=O)(OCC)OCC)N1C(=O)c2ccccc2C1=O. The fraction of sp³-hybridized carbons (Fsp3) is 0.680. The number of rotatable bonds is 17. The van der Waals surface area contributed by atoms with E-state index in [-0.39, 0.29) is 19.4 Å². The number of imide groups is 1. The number of amides is 2. The Hall–Kier alpha value is -1.53. The van der Waals surface area contributed by atoms with Crippen LogP contribution in [0, 0.1) is 0 Å². The summed E-state index contributed by atoms with van der Waals surface area (Å²) in [5.74, 6) is -0.901. The second-order valence-electron chi connectivity index (χ2n) is 8.59. The third kappa shape index (κ3) is 7.48. The van der Waals surface area contributed by atoms with E-state index >= 15 is 0 Å². The van der Waals surface area contributed by atoms with Gasteiger partial charge in [0.05, 0.1) is 30.5 Å². The van der Waals surface area contributed by atoms with Crippen molar-refractivity contribution < 1.29 is 27.9 Å². The molecule has 0 bridgehead atoms. The molecule has 1 aromatic rings. The molecule has 33 heavy (non-hydrogen) atoms. The number of carbonyl (C=O) groups is 2. The van der Waals surface area contributed by atoms with Crippen molar-refractivity contribution in [2.24, 2.45) is 0 Å². The maximum atomic E-state index is 13.4. The van der Waals surface area contributed by atoms with E-state index in [1.54, 1.807) is 45.0 Å². The minimum Gasteiger partial charge on any atom is -0.355 e. The first-order valence-corrected chi connectivity index (χ1v) is 14.0. The van der Waals surface area contributed by atoms with Crippen LogP contribution in [0.25, 0.3) is 0 Å². The summed E-state index contributed by atoms with van der Waals surface area (Å²) in [5.41, 5.74) is -0.798. The summed E-state index contributed by atoms with van der Waals surface area (Å²) < 4.78 is 30.5. The highest BCUT2D eigenvalue weighted by Gasteiger charge is 2.51. The molecule has 1 aliphatic heterocycles. The van der Waals surface area contributed by atoms with E-state index in [9.17, 15) is 14.2 Å². The summed E-state index contributed by atoms with van der Waals surface area (Å²) in [4.78, 5) is 27.4. The van der Waals surface area contributed by atoms with Gasteiger partial charge in [-0.05, 0) is 39.3 Å². The molecule has 0 aliphatic carbocycles. The first-order chi connectivity index (χ1) is 15.8. The molecular weight excluding hydrogens is 441 g/mol.